The average molecular weight is 389 g/mol. The quantitative estimate of drug-likeness (QED) is 0.409. The van der Waals surface area contributed by atoms with Crippen LogP contribution in [0, 0.1) is 5.92 Å². The molecule has 146 valence electrons. The zero-order valence-corrected chi connectivity index (χ0v) is 17.5. The topological polar surface area (TPSA) is 56.2 Å². The fraction of sp³-hybridized carbons (Fsp3) is 0.500. The lowest BCUT2D eigenvalue weighted by atomic mass is 9.98. The highest BCUT2D eigenvalue weighted by Gasteiger charge is 2.43. The molecule has 1 fully saturated rings. The number of hydrogen-bond acceptors (Lipinski definition) is 5. The molecule has 1 aromatic rings. The molecule has 2 amide bonds. The highest BCUT2D eigenvalue weighted by Crippen LogP contribution is 2.20. The van der Waals surface area contributed by atoms with E-state index in [1.54, 1.807) is 6.92 Å². The van der Waals surface area contributed by atoms with Crippen LogP contribution in [0.25, 0.3) is 0 Å². The van der Waals surface area contributed by atoms with Gasteiger partial charge in [-0.1, -0.05) is 24.3 Å². The van der Waals surface area contributed by atoms with E-state index in [1.165, 1.54) is 15.4 Å². The fourth-order valence-corrected chi connectivity index (χ4v) is 3.64. The van der Waals surface area contributed by atoms with Crippen molar-refractivity contribution in [3.05, 3.63) is 35.4 Å². The van der Waals surface area contributed by atoms with Crippen LogP contribution >= 0.6 is 12.2 Å². The van der Waals surface area contributed by atoms with Crippen molar-refractivity contribution in [2.75, 3.05) is 27.2 Å². The predicted octanol–water partition coefficient (Wildman–Crippen LogP) is 2.32. The van der Waals surface area contributed by atoms with Crippen molar-refractivity contribution < 1.29 is 9.59 Å². The number of aliphatic imine (C=N–C) groups is 1. The number of nitrogens with zero attached hydrogens (tertiary/aromatic N) is 4. The lowest BCUT2D eigenvalue weighted by Crippen LogP contribution is -2.60. The maximum Gasteiger partial charge on any atom is 0.247 e. The van der Waals surface area contributed by atoms with Crippen LogP contribution in [0.15, 0.2) is 29.3 Å². The maximum absolute atomic E-state index is 12.8. The molecule has 0 bridgehead atoms. The standard InChI is InChI=1S/C20H28N4O2S/c1-6-23-18(25)17(19(26)24(7-2)20(23)27)14(3)21-12-15-10-8-9-11-16(15)13-22(4)5/h8-11,17H,6-7,12-13H2,1-5H3. The van der Waals surface area contributed by atoms with Crippen LogP contribution in [0.1, 0.15) is 31.9 Å². The van der Waals surface area contributed by atoms with Crippen LogP contribution in [0.5, 0.6) is 0 Å². The molecule has 27 heavy (non-hydrogen) atoms. The van der Waals surface area contributed by atoms with Gasteiger partial charge in [0.15, 0.2) is 11.0 Å². The smallest absolute Gasteiger partial charge is 0.247 e. The van der Waals surface area contributed by atoms with Gasteiger partial charge in [0.05, 0.1) is 6.54 Å². The van der Waals surface area contributed by atoms with Crippen LogP contribution in [0.3, 0.4) is 0 Å². The second-order valence-corrected chi connectivity index (χ2v) is 7.21. The normalized spacial score (nSPS) is 16.7. The number of thiocarbonyl (C=S) groups is 1. The Kier molecular flexibility index (Phi) is 7.21. The molecule has 0 radical (unpaired) electrons. The Morgan fingerprint density at radius 3 is 2.07 bits per heavy atom. The van der Waals surface area contributed by atoms with Gasteiger partial charge in [0, 0.05) is 25.3 Å². The van der Waals surface area contributed by atoms with Crippen molar-refractivity contribution in [3.8, 4) is 0 Å². The third-order valence-electron chi connectivity index (χ3n) is 4.64. The molecule has 1 aliphatic heterocycles. The zero-order chi connectivity index (χ0) is 20.1. The molecule has 1 aliphatic rings. The summed E-state index contributed by atoms with van der Waals surface area (Å²) in [6.07, 6.45) is 0. The van der Waals surface area contributed by atoms with Gasteiger partial charge in [0.25, 0.3) is 0 Å². The minimum atomic E-state index is -0.891. The molecule has 1 heterocycles. The number of carbonyl (C=O) groups excluding carboxylic acids is 2. The maximum atomic E-state index is 12.8. The van der Waals surface area contributed by atoms with Crippen molar-refractivity contribution in [2.45, 2.75) is 33.9 Å². The molecular weight excluding hydrogens is 360 g/mol. The lowest BCUT2D eigenvalue weighted by molar-refractivity contribution is -0.143. The van der Waals surface area contributed by atoms with Crippen LogP contribution in [-0.4, -0.2) is 64.5 Å². The number of benzene rings is 1. The summed E-state index contributed by atoms with van der Waals surface area (Å²) < 4.78 is 0. The van der Waals surface area contributed by atoms with Gasteiger partial charge < -0.3 is 4.90 Å². The predicted molar refractivity (Wildman–Crippen MR) is 112 cm³/mol. The van der Waals surface area contributed by atoms with E-state index in [0.29, 0.717) is 25.3 Å². The average Bonchev–Trinajstić information content (AvgIpc) is 2.61. The largest absolute Gasteiger partial charge is 0.305 e. The van der Waals surface area contributed by atoms with E-state index in [-0.39, 0.29) is 16.9 Å². The van der Waals surface area contributed by atoms with E-state index in [2.05, 4.69) is 16.0 Å². The number of hydrogen-bond donors (Lipinski definition) is 0. The Hall–Kier alpha value is -2.12. The Balaban J connectivity index is 2.28. The second-order valence-electron chi connectivity index (χ2n) is 6.84. The molecule has 0 N–H and O–H groups in total. The molecular formula is C20H28N4O2S. The second kappa shape index (κ2) is 9.19. The monoisotopic (exact) mass is 388 g/mol. The molecule has 1 saturated heterocycles. The van der Waals surface area contributed by atoms with Gasteiger partial charge >= 0.3 is 0 Å². The van der Waals surface area contributed by atoms with E-state index in [0.717, 1.165) is 12.1 Å². The van der Waals surface area contributed by atoms with Gasteiger partial charge in [-0.25, -0.2) is 0 Å². The molecule has 7 heteroatoms. The number of amides is 2. The first kappa shape index (κ1) is 21.2. The molecule has 0 saturated carbocycles. The van der Waals surface area contributed by atoms with Gasteiger partial charge in [-0.2, -0.15) is 0 Å². The number of carbonyl (C=O) groups is 2. The summed E-state index contributed by atoms with van der Waals surface area (Å²) in [5.74, 6) is -1.45. The van der Waals surface area contributed by atoms with Crippen LogP contribution in [0.4, 0.5) is 0 Å². The van der Waals surface area contributed by atoms with Gasteiger partial charge in [0.1, 0.15) is 0 Å². The zero-order valence-electron chi connectivity index (χ0n) is 16.7. The Bertz CT molecular complexity index is 734. The minimum absolute atomic E-state index is 0.278. The Labute approximate surface area is 166 Å². The first-order valence-corrected chi connectivity index (χ1v) is 9.61. The van der Waals surface area contributed by atoms with Crippen LogP contribution in [-0.2, 0) is 22.7 Å². The van der Waals surface area contributed by atoms with Crippen molar-refractivity contribution in [3.63, 3.8) is 0 Å². The Morgan fingerprint density at radius 2 is 1.59 bits per heavy atom. The van der Waals surface area contributed by atoms with Crippen molar-refractivity contribution in [2.24, 2.45) is 10.9 Å². The summed E-state index contributed by atoms with van der Waals surface area (Å²) in [5.41, 5.74) is 2.81. The minimum Gasteiger partial charge on any atom is -0.305 e. The van der Waals surface area contributed by atoms with Gasteiger partial charge in [-0.05, 0) is 58.2 Å². The molecule has 0 unspecified atom stereocenters. The summed E-state index contributed by atoms with van der Waals surface area (Å²) in [6, 6.07) is 8.09. The summed E-state index contributed by atoms with van der Waals surface area (Å²) in [6.45, 7) is 7.60. The summed E-state index contributed by atoms with van der Waals surface area (Å²) in [4.78, 5) is 35.3. The van der Waals surface area contributed by atoms with Crippen molar-refractivity contribution >= 4 is 34.9 Å². The third-order valence-corrected chi connectivity index (χ3v) is 5.08. The first-order valence-electron chi connectivity index (χ1n) is 9.20. The summed E-state index contributed by atoms with van der Waals surface area (Å²) in [5, 5.41) is 0.287. The van der Waals surface area contributed by atoms with E-state index in [4.69, 9.17) is 12.2 Å². The van der Waals surface area contributed by atoms with Gasteiger partial charge in [0.2, 0.25) is 11.8 Å². The van der Waals surface area contributed by atoms with Crippen molar-refractivity contribution in [1.82, 2.24) is 14.7 Å². The Morgan fingerprint density at radius 1 is 1.07 bits per heavy atom. The van der Waals surface area contributed by atoms with Gasteiger partial charge in [-0.15, -0.1) is 0 Å². The highest BCUT2D eigenvalue weighted by molar-refractivity contribution is 7.80. The number of rotatable bonds is 7. The SMILES string of the molecule is CCN1C(=O)C(C(C)=NCc2ccccc2CN(C)C)C(=O)N(CC)C1=S. The summed E-state index contributed by atoms with van der Waals surface area (Å²) in [7, 11) is 4.04. The highest BCUT2D eigenvalue weighted by atomic mass is 32.1. The molecule has 0 spiro atoms. The van der Waals surface area contributed by atoms with Crippen molar-refractivity contribution in [1.29, 1.82) is 0 Å². The fourth-order valence-electron chi connectivity index (χ4n) is 3.20. The van der Waals surface area contributed by atoms with Gasteiger partial charge in [-0.3, -0.25) is 24.4 Å². The van der Waals surface area contributed by atoms with E-state index in [9.17, 15) is 9.59 Å². The van der Waals surface area contributed by atoms with E-state index in [1.807, 2.05) is 46.1 Å². The van der Waals surface area contributed by atoms with Crippen LogP contribution < -0.4 is 0 Å². The first-order chi connectivity index (χ1) is 12.8. The molecule has 2 rings (SSSR count). The lowest BCUT2D eigenvalue weighted by Gasteiger charge is -2.38. The molecule has 6 nitrogen and oxygen atoms in total. The summed E-state index contributed by atoms with van der Waals surface area (Å²) >= 11 is 5.30. The van der Waals surface area contributed by atoms with E-state index >= 15 is 0 Å². The molecule has 1 aromatic carbocycles. The molecule has 0 atom stereocenters. The molecule has 0 aliphatic carbocycles. The third kappa shape index (κ3) is 4.59. The molecule has 0 aromatic heterocycles. The van der Waals surface area contributed by atoms with Crippen LogP contribution in [0.2, 0.25) is 0 Å². The van der Waals surface area contributed by atoms with E-state index < -0.39 is 5.92 Å².